The molecule has 6 heteroatoms. The lowest BCUT2D eigenvalue weighted by Crippen LogP contribution is -2.38. The fraction of sp³-hybridized carbons (Fsp3) is 0.211. The number of benzene rings is 2. The highest BCUT2D eigenvalue weighted by atomic mass is 16.6. The lowest BCUT2D eigenvalue weighted by molar-refractivity contribution is -0.383. The molecule has 1 unspecified atom stereocenters. The Labute approximate surface area is 144 Å². The van der Waals surface area contributed by atoms with Gasteiger partial charge in [-0.1, -0.05) is 30.3 Å². The molecule has 0 amide bonds. The van der Waals surface area contributed by atoms with Crippen LogP contribution in [0.15, 0.2) is 60.9 Å². The van der Waals surface area contributed by atoms with Gasteiger partial charge < -0.3 is 9.64 Å². The molecule has 2 aromatic carbocycles. The van der Waals surface area contributed by atoms with Crippen molar-refractivity contribution in [3.05, 3.63) is 76.6 Å². The molecule has 1 aliphatic rings. The Morgan fingerprint density at radius 3 is 2.76 bits per heavy atom. The molecule has 4 rings (SSSR count). The molecule has 1 saturated heterocycles. The molecule has 1 aromatic heterocycles. The van der Waals surface area contributed by atoms with Gasteiger partial charge in [-0.2, -0.15) is 0 Å². The fourth-order valence-electron chi connectivity index (χ4n) is 3.33. The van der Waals surface area contributed by atoms with Crippen molar-refractivity contribution in [1.29, 1.82) is 0 Å². The topological polar surface area (TPSA) is 68.5 Å². The number of nitrogens with zero attached hydrogens (tertiary/aromatic N) is 3. The Morgan fingerprint density at radius 1 is 1.12 bits per heavy atom. The van der Waals surface area contributed by atoms with Gasteiger partial charge in [0, 0.05) is 42.6 Å². The number of anilines is 1. The second-order valence-electron chi connectivity index (χ2n) is 6.00. The van der Waals surface area contributed by atoms with Gasteiger partial charge >= 0.3 is 0 Å². The van der Waals surface area contributed by atoms with Gasteiger partial charge in [0.1, 0.15) is 6.10 Å². The third-order valence-corrected chi connectivity index (χ3v) is 4.55. The van der Waals surface area contributed by atoms with Crippen LogP contribution < -0.4 is 4.90 Å². The molecule has 6 nitrogen and oxygen atoms in total. The van der Waals surface area contributed by atoms with Gasteiger partial charge in [-0.25, -0.2) is 0 Å². The third kappa shape index (κ3) is 2.92. The van der Waals surface area contributed by atoms with Crippen LogP contribution >= 0.6 is 0 Å². The van der Waals surface area contributed by atoms with Gasteiger partial charge in [0.15, 0.2) is 0 Å². The molecule has 3 aromatic rings. The molecule has 0 N–H and O–H groups in total. The zero-order chi connectivity index (χ0) is 17.2. The van der Waals surface area contributed by atoms with Crippen molar-refractivity contribution < 1.29 is 9.66 Å². The molecule has 0 saturated carbocycles. The molecule has 1 fully saturated rings. The van der Waals surface area contributed by atoms with Gasteiger partial charge in [0.05, 0.1) is 16.9 Å². The SMILES string of the molecule is O=[N+]([O-])c1ccc(N2CCOC(c3ccccc3)C2)c2ccncc12. The van der Waals surface area contributed by atoms with E-state index in [0.717, 1.165) is 23.2 Å². The summed E-state index contributed by atoms with van der Waals surface area (Å²) < 4.78 is 5.93. The molecule has 1 aliphatic heterocycles. The molecule has 0 radical (unpaired) electrons. The predicted molar refractivity (Wildman–Crippen MR) is 95.7 cm³/mol. The van der Waals surface area contributed by atoms with E-state index in [0.29, 0.717) is 18.5 Å². The van der Waals surface area contributed by atoms with Crippen LogP contribution in [0.4, 0.5) is 11.4 Å². The van der Waals surface area contributed by atoms with E-state index < -0.39 is 0 Å². The van der Waals surface area contributed by atoms with E-state index >= 15 is 0 Å². The largest absolute Gasteiger partial charge is 0.370 e. The van der Waals surface area contributed by atoms with Gasteiger partial charge in [-0.15, -0.1) is 0 Å². The van der Waals surface area contributed by atoms with Crippen molar-refractivity contribution in [2.45, 2.75) is 6.10 Å². The number of rotatable bonds is 3. The van der Waals surface area contributed by atoms with E-state index in [1.165, 1.54) is 0 Å². The highest BCUT2D eigenvalue weighted by Gasteiger charge is 2.24. The fourth-order valence-corrected chi connectivity index (χ4v) is 3.33. The lowest BCUT2D eigenvalue weighted by atomic mass is 10.0. The molecule has 0 bridgehead atoms. The molecule has 1 atom stereocenters. The maximum Gasteiger partial charge on any atom is 0.278 e. The zero-order valence-electron chi connectivity index (χ0n) is 13.5. The standard InChI is InChI=1S/C19H17N3O3/c23-22(24)18-7-6-17(15-8-9-20-12-16(15)18)21-10-11-25-19(13-21)14-4-2-1-3-5-14/h1-9,12,19H,10-11,13H2. The first-order valence-corrected chi connectivity index (χ1v) is 8.16. The van der Waals surface area contributed by atoms with Crippen molar-refractivity contribution in [3.8, 4) is 0 Å². The number of aromatic nitrogens is 1. The van der Waals surface area contributed by atoms with Crippen LogP contribution in [0.25, 0.3) is 10.8 Å². The third-order valence-electron chi connectivity index (χ3n) is 4.55. The van der Waals surface area contributed by atoms with Gasteiger partial charge in [0.2, 0.25) is 0 Å². The summed E-state index contributed by atoms with van der Waals surface area (Å²) in [4.78, 5) is 17.2. The van der Waals surface area contributed by atoms with Crippen molar-refractivity contribution in [3.63, 3.8) is 0 Å². The summed E-state index contributed by atoms with van der Waals surface area (Å²) in [6, 6.07) is 15.3. The van der Waals surface area contributed by atoms with E-state index in [9.17, 15) is 10.1 Å². The molecule has 0 aliphatic carbocycles. The molecule has 2 heterocycles. The number of hydrogen-bond donors (Lipinski definition) is 0. The normalized spacial score (nSPS) is 17.6. The number of ether oxygens (including phenoxy) is 1. The first-order chi connectivity index (χ1) is 12.2. The Morgan fingerprint density at radius 2 is 1.96 bits per heavy atom. The Balaban J connectivity index is 1.72. The number of hydrogen-bond acceptors (Lipinski definition) is 5. The van der Waals surface area contributed by atoms with E-state index in [-0.39, 0.29) is 16.7 Å². The second kappa shape index (κ2) is 6.49. The van der Waals surface area contributed by atoms with Gasteiger partial charge in [-0.3, -0.25) is 15.1 Å². The van der Waals surface area contributed by atoms with E-state index in [4.69, 9.17) is 4.74 Å². The summed E-state index contributed by atoms with van der Waals surface area (Å²) in [5, 5.41) is 12.7. The van der Waals surface area contributed by atoms with Crippen LogP contribution in [0.3, 0.4) is 0 Å². The summed E-state index contributed by atoms with van der Waals surface area (Å²) in [5.74, 6) is 0. The predicted octanol–water partition coefficient (Wildman–Crippen LogP) is 3.72. The van der Waals surface area contributed by atoms with Crippen LogP contribution in [0, 0.1) is 10.1 Å². The molecule has 25 heavy (non-hydrogen) atoms. The minimum atomic E-state index is -0.361. The zero-order valence-corrected chi connectivity index (χ0v) is 13.5. The van der Waals surface area contributed by atoms with E-state index in [2.05, 4.69) is 22.0 Å². The quantitative estimate of drug-likeness (QED) is 0.539. The summed E-state index contributed by atoms with van der Waals surface area (Å²) in [7, 11) is 0. The summed E-state index contributed by atoms with van der Waals surface area (Å²) in [6.45, 7) is 2.07. The van der Waals surface area contributed by atoms with Gasteiger partial charge in [-0.05, 0) is 17.7 Å². The molecular formula is C19H17N3O3. The average Bonchev–Trinajstić information content (AvgIpc) is 2.68. The first kappa shape index (κ1) is 15.5. The number of pyridine rings is 1. The first-order valence-electron chi connectivity index (χ1n) is 8.16. The highest BCUT2D eigenvalue weighted by molar-refractivity contribution is 5.99. The van der Waals surface area contributed by atoms with Crippen LogP contribution in [-0.4, -0.2) is 29.6 Å². The molecule has 126 valence electrons. The average molecular weight is 335 g/mol. The van der Waals surface area contributed by atoms with Crippen LogP contribution in [0.2, 0.25) is 0 Å². The molecule has 0 spiro atoms. The van der Waals surface area contributed by atoms with Crippen LogP contribution in [0.5, 0.6) is 0 Å². The molecular weight excluding hydrogens is 318 g/mol. The van der Waals surface area contributed by atoms with E-state index in [1.54, 1.807) is 18.5 Å². The summed E-state index contributed by atoms with van der Waals surface area (Å²) in [6.07, 6.45) is 3.22. The minimum absolute atomic E-state index is 0.0120. The Bertz CT molecular complexity index is 914. The highest BCUT2D eigenvalue weighted by Crippen LogP contribution is 2.35. The van der Waals surface area contributed by atoms with Crippen LogP contribution in [-0.2, 0) is 4.74 Å². The van der Waals surface area contributed by atoms with Gasteiger partial charge in [0.25, 0.3) is 5.69 Å². The Kier molecular flexibility index (Phi) is 4.03. The smallest absolute Gasteiger partial charge is 0.278 e. The lowest BCUT2D eigenvalue weighted by Gasteiger charge is -2.35. The van der Waals surface area contributed by atoms with E-state index in [1.807, 2.05) is 30.3 Å². The van der Waals surface area contributed by atoms with Crippen LogP contribution in [0.1, 0.15) is 11.7 Å². The monoisotopic (exact) mass is 335 g/mol. The number of fused-ring (bicyclic) bond motifs is 1. The van der Waals surface area contributed by atoms with Crippen molar-refractivity contribution in [2.24, 2.45) is 0 Å². The van der Waals surface area contributed by atoms with Crippen molar-refractivity contribution >= 4 is 22.1 Å². The van der Waals surface area contributed by atoms with Crippen molar-refractivity contribution in [1.82, 2.24) is 4.98 Å². The Hall–Kier alpha value is -2.99. The maximum atomic E-state index is 11.3. The summed E-state index contributed by atoms with van der Waals surface area (Å²) >= 11 is 0. The number of nitro benzene ring substituents is 1. The minimum Gasteiger partial charge on any atom is -0.370 e. The number of morpholine rings is 1. The maximum absolute atomic E-state index is 11.3. The number of nitro groups is 1. The second-order valence-corrected chi connectivity index (χ2v) is 6.00. The number of non-ortho nitro benzene ring substituents is 1. The summed E-state index contributed by atoms with van der Waals surface area (Å²) in [5.41, 5.74) is 2.20. The van der Waals surface area contributed by atoms with Crippen molar-refractivity contribution in [2.75, 3.05) is 24.6 Å².